The van der Waals surface area contributed by atoms with E-state index in [-0.39, 0.29) is 17.8 Å². The molecule has 2 N–H and O–H groups in total. The lowest BCUT2D eigenvalue weighted by Crippen LogP contribution is -2.42. The number of aromatic amines is 1. The molecule has 0 saturated carbocycles. The van der Waals surface area contributed by atoms with Crippen molar-refractivity contribution in [3.63, 3.8) is 0 Å². The molecule has 8 heteroatoms. The summed E-state index contributed by atoms with van der Waals surface area (Å²) in [6, 6.07) is 13.8. The maximum atomic E-state index is 14.9. The summed E-state index contributed by atoms with van der Waals surface area (Å²) in [5, 5.41) is 3.36. The Morgan fingerprint density at radius 3 is 2.58 bits per heavy atom. The first kappa shape index (κ1) is 23.9. The third-order valence-electron chi connectivity index (χ3n) is 6.26. The van der Waals surface area contributed by atoms with Crippen LogP contribution in [0.5, 0.6) is 17.2 Å². The van der Waals surface area contributed by atoms with E-state index in [4.69, 9.17) is 14.2 Å². The lowest BCUT2D eigenvalue weighted by Gasteiger charge is -2.30. The molecule has 0 unspecified atom stereocenters. The van der Waals surface area contributed by atoms with E-state index < -0.39 is 5.82 Å². The fourth-order valence-electron chi connectivity index (χ4n) is 4.32. The first-order chi connectivity index (χ1) is 17.5. The predicted octanol–water partition coefficient (Wildman–Crippen LogP) is 5.21. The molecule has 0 spiro atoms. The molecule has 1 amide bonds. The van der Waals surface area contributed by atoms with E-state index in [0.717, 1.165) is 42.0 Å². The lowest BCUT2D eigenvalue weighted by atomic mass is 10.1. The molecule has 0 aliphatic carbocycles. The third-order valence-corrected chi connectivity index (χ3v) is 6.26. The molecule has 36 heavy (non-hydrogen) atoms. The van der Waals surface area contributed by atoms with Crippen LogP contribution in [0.15, 0.2) is 54.6 Å². The Kier molecular flexibility index (Phi) is 6.95. The van der Waals surface area contributed by atoms with Gasteiger partial charge in [-0.25, -0.2) is 4.39 Å². The van der Waals surface area contributed by atoms with Crippen LogP contribution in [0.4, 0.5) is 4.39 Å². The van der Waals surface area contributed by atoms with Crippen LogP contribution in [-0.4, -0.2) is 55.2 Å². The Hall–Kier alpha value is -3.78. The van der Waals surface area contributed by atoms with Gasteiger partial charge in [0.15, 0.2) is 11.6 Å². The number of carbonyl (C=O) groups excluding carboxylic acids is 1. The Labute approximate surface area is 209 Å². The fraction of sp³-hybridized carbons (Fsp3) is 0.321. The lowest BCUT2D eigenvalue weighted by molar-refractivity contribution is 0.0651. The standard InChI is InChI=1S/C28H30FN3O4/c1-18(17-34-2)35-21-13-20(24-7-8-26(31-24)25-5-3-10-30-25)14-22(16-21)36-27-9-6-19(15-23(27)29)28(33)32-11-4-12-32/h5-9,13-16,18,30-31H,3-4,10-12,17H2,1-2H3/t18-/m0/s1. The van der Waals surface area contributed by atoms with Crippen LogP contribution in [0.1, 0.15) is 35.8 Å². The fourth-order valence-corrected chi connectivity index (χ4v) is 4.32. The van der Waals surface area contributed by atoms with Crippen LogP contribution in [0.25, 0.3) is 17.0 Å². The van der Waals surface area contributed by atoms with E-state index in [1.54, 1.807) is 24.1 Å². The number of ether oxygens (including phenoxy) is 3. The minimum Gasteiger partial charge on any atom is -0.488 e. The van der Waals surface area contributed by atoms with Gasteiger partial charge < -0.3 is 29.4 Å². The minimum absolute atomic E-state index is 0.0377. The molecule has 1 atom stereocenters. The van der Waals surface area contributed by atoms with Crippen molar-refractivity contribution in [1.82, 2.24) is 15.2 Å². The zero-order valence-electron chi connectivity index (χ0n) is 20.5. The number of hydrogen-bond acceptors (Lipinski definition) is 5. The van der Waals surface area contributed by atoms with Gasteiger partial charge >= 0.3 is 0 Å². The van der Waals surface area contributed by atoms with Gasteiger partial charge in [-0.05, 0) is 62.2 Å². The number of rotatable bonds is 9. The molecular formula is C28H30FN3O4. The molecule has 5 rings (SSSR count). The molecule has 1 fully saturated rings. The van der Waals surface area contributed by atoms with Crippen molar-refractivity contribution in [2.24, 2.45) is 0 Å². The summed E-state index contributed by atoms with van der Waals surface area (Å²) in [6.07, 6.45) is 3.95. The average Bonchev–Trinajstić information content (AvgIpc) is 3.51. The summed E-state index contributed by atoms with van der Waals surface area (Å²) < 4.78 is 32.1. The molecule has 1 aromatic heterocycles. The number of nitrogens with zero attached hydrogens (tertiary/aromatic N) is 1. The highest BCUT2D eigenvalue weighted by Gasteiger charge is 2.23. The number of amides is 1. The van der Waals surface area contributed by atoms with Crippen molar-refractivity contribution < 1.29 is 23.4 Å². The molecule has 1 saturated heterocycles. The molecule has 2 aromatic carbocycles. The van der Waals surface area contributed by atoms with Crippen LogP contribution in [0.2, 0.25) is 0 Å². The Balaban J connectivity index is 1.42. The Bertz CT molecular complexity index is 1280. The molecule has 3 aromatic rings. The minimum atomic E-state index is -0.594. The van der Waals surface area contributed by atoms with Gasteiger partial charge in [0.2, 0.25) is 0 Å². The van der Waals surface area contributed by atoms with Gasteiger partial charge in [0.1, 0.15) is 17.6 Å². The SMILES string of the molecule is COC[C@H](C)Oc1cc(Oc2ccc(C(=O)N3CCC3)cc2F)cc(-c2ccc(C3=CCCN3)[nH]2)c1. The van der Waals surface area contributed by atoms with E-state index in [0.29, 0.717) is 36.8 Å². The summed E-state index contributed by atoms with van der Waals surface area (Å²) in [5.74, 6) is 0.276. The summed E-state index contributed by atoms with van der Waals surface area (Å²) >= 11 is 0. The van der Waals surface area contributed by atoms with Gasteiger partial charge in [-0.15, -0.1) is 0 Å². The topological polar surface area (TPSA) is 75.8 Å². The number of likely N-dealkylation sites (tertiary alicyclic amines) is 1. The highest BCUT2D eigenvalue weighted by Crippen LogP contribution is 2.34. The molecule has 3 heterocycles. The number of aromatic nitrogens is 1. The predicted molar refractivity (Wildman–Crippen MR) is 136 cm³/mol. The Morgan fingerprint density at radius 1 is 1.08 bits per heavy atom. The number of nitrogens with one attached hydrogen (secondary N) is 2. The molecule has 2 aliphatic rings. The second-order valence-electron chi connectivity index (χ2n) is 9.09. The molecule has 7 nitrogen and oxygen atoms in total. The highest BCUT2D eigenvalue weighted by atomic mass is 19.1. The van der Waals surface area contributed by atoms with Gasteiger partial charge in [-0.3, -0.25) is 4.79 Å². The molecular weight excluding hydrogens is 461 g/mol. The molecule has 0 radical (unpaired) electrons. The maximum Gasteiger partial charge on any atom is 0.253 e. The average molecular weight is 492 g/mol. The van der Waals surface area contributed by atoms with E-state index in [2.05, 4.69) is 16.4 Å². The highest BCUT2D eigenvalue weighted by molar-refractivity contribution is 5.94. The zero-order valence-corrected chi connectivity index (χ0v) is 20.5. The largest absolute Gasteiger partial charge is 0.488 e. The summed E-state index contributed by atoms with van der Waals surface area (Å²) in [7, 11) is 1.62. The number of halogens is 1. The van der Waals surface area contributed by atoms with E-state index >= 15 is 0 Å². The summed E-state index contributed by atoms with van der Waals surface area (Å²) in [4.78, 5) is 17.6. The van der Waals surface area contributed by atoms with E-state index in [9.17, 15) is 9.18 Å². The van der Waals surface area contributed by atoms with Gasteiger partial charge in [0.25, 0.3) is 5.91 Å². The monoisotopic (exact) mass is 491 g/mol. The summed E-state index contributed by atoms with van der Waals surface area (Å²) in [6.45, 7) is 4.69. The first-order valence-electron chi connectivity index (χ1n) is 12.2. The van der Waals surface area contributed by atoms with Crippen LogP contribution >= 0.6 is 0 Å². The number of carbonyl (C=O) groups is 1. The van der Waals surface area contributed by atoms with Gasteiger partial charge in [-0.2, -0.15) is 0 Å². The second kappa shape index (κ2) is 10.5. The van der Waals surface area contributed by atoms with Crippen LogP contribution < -0.4 is 14.8 Å². The third kappa shape index (κ3) is 5.23. The van der Waals surface area contributed by atoms with Crippen molar-refractivity contribution in [3.05, 3.63) is 71.7 Å². The first-order valence-corrected chi connectivity index (χ1v) is 12.2. The van der Waals surface area contributed by atoms with Crippen molar-refractivity contribution in [3.8, 4) is 28.5 Å². The van der Waals surface area contributed by atoms with Crippen molar-refractivity contribution in [2.75, 3.05) is 33.4 Å². The second-order valence-corrected chi connectivity index (χ2v) is 9.09. The van der Waals surface area contributed by atoms with E-state index in [1.807, 2.05) is 31.2 Å². The van der Waals surface area contributed by atoms with Gasteiger partial charge in [0, 0.05) is 49.6 Å². The van der Waals surface area contributed by atoms with Gasteiger partial charge in [-0.1, -0.05) is 6.08 Å². The molecule has 188 valence electrons. The molecule has 0 bridgehead atoms. The van der Waals surface area contributed by atoms with Crippen molar-refractivity contribution >= 4 is 11.6 Å². The number of methoxy groups -OCH3 is 1. The number of hydrogen-bond donors (Lipinski definition) is 2. The number of H-pyrrole nitrogens is 1. The van der Waals surface area contributed by atoms with Crippen LogP contribution in [0.3, 0.4) is 0 Å². The normalized spacial score (nSPS) is 15.6. The Morgan fingerprint density at radius 2 is 1.89 bits per heavy atom. The quantitative estimate of drug-likeness (QED) is 0.430. The summed E-state index contributed by atoms with van der Waals surface area (Å²) in [5.41, 5.74) is 4.11. The van der Waals surface area contributed by atoms with Crippen molar-refractivity contribution in [1.29, 1.82) is 0 Å². The maximum absolute atomic E-state index is 14.9. The number of benzene rings is 2. The van der Waals surface area contributed by atoms with E-state index in [1.165, 1.54) is 12.1 Å². The smallest absolute Gasteiger partial charge is 0.253 e. The van der Waals surface area contributed by atoms with Crippen LogP contribution in [0, 0.1) is 5.82 Å². The zero-order chi connectivity index (χ0) is 25.1. The molecule has 2 aliphatic heterocycles. The van der Waals surface area contributed by atoms with Crippen molar-refractivity contribution in [2.45, 2.75) is 25.9 Å². The van der Waals surface area contributed by atoms with Gasteiger partial charge in [0.05, 0.1) is 18.0 Å². The van der Waals surface area contributed by atoms with Crippen LogP contribution in [-0.2, 0) is 4.74 Å².